The number of aromatic nitrogens is 6. The fraction of sp³-hybridized carbons (Fsp3) is 0.364. The standard InChI is InChI=1S/C22H26N8O2/c1-3-32-19-13-15(21-27-23-14-29(21)2)6-7-17(19)25-22-26-20(18-5-4-10-30(18)28-22)24-16-8-11-31-12-9-16/h4-7,10,13-14,16H,3,8-9,11-12H2,1-2H3,(H2,24,25,26,28). The van der Waals surface area contributed by atoms with Gasteiger partial charge in [-0.15, -0.1) is 15.3 Å². The number of fused-ring (bicyclic) bond motifs is 1. The highest BCUT2D eigenvalue weighted by molar-refractivity contribution is 5.73. The molecule has 0 atom stereocenters. The van der Waals surface area contributed by atoms with Crippen molar-refractivity contribution in [3.63, 3.8) is 0 Å². The molecule has 1 fully saturated rings. The zero-order valence-electron chi connectivity index (χ0n) is 18.2. The van der Waals surface area contributed by atoms with Crippen molar-refractivity contribution >= 4 is 23.0 Å². The van der Waals surface area contributed by atoms with Gasteiger partial charge < -0.3 is 24.7 Å². The first-order valence-corrected chi connectivity index (χ1v) is 10.8. The van der Waals surface area contributed by atoms with Crippen LogP contribution in [0.2, 0.25) is 0 Å². The highest BCUT2D eigenvalue weighted by Gasteiger charge is 2.17. The molecule has 32 heavy (non-hydrogen) atoms. The van der Waals surface area contributed by atoms with Gasteiger partial charge in [-0.3, -0.25) is 0 Å². The maximum absolute atomic E-state index is 5.90. The van der Waals surface area contributed by atoms with Gasteiger partial charge in [0.25, 0.3) is 0 Å². The lowest BCUT2D eigenvalue weighted by atomic mass is 10.1. The van der Waals surface area contributed by atoms with Crippen LogP contribution < -0.4 is 15.4 Å². The zero-order chi connectivity index (χ0) is 21.9. The third-order valence-electron chi connectivity index (χ3n) is 5.45. The minimum atomic E-state index is 0.329. The second kappa shape index (κ2) is 8.83. The largest absolute Gasteiger partial charge is 0.492 e. The molecule has 0 saturated carbocycles. The summed E-state index contributed by atoms with van der Waals surface area (Å²) in [5.74, 6) is 2.75. The van der Waals surface area contributed by atoms with Gasteiger partial charge in [0.15, 0.2) is 11.6 Å². The molecule has 1 saturated heterocycles. The molecule has 0 bridgehead atoms. The summed E-state index contributed by atoms with van der Waals surface area (Å²) >= 11 is 0. The third-order valence-corrected chi connectivity index (χ3v) is 5.45. The molecule has 10 heteroatoms. The van der Waals surface area contributed by atoms with Crippen molar-refractivity contribution in [2.45, 2.75) is 25.8 Å². The second-order valence-electron chi connectivity index (χ2n) is 7.69. The van der Waals surface area contributed by atoms with E-state index in [0.717, 1.165) is 54.5 Å². The molecule has 0 radical (unpaired) electrons. The van der Waals surface area contributed by atoms with E-state index in [1.54, 1.807) is 6.33 Å². The predicted octanol–water partition coefficient (Wildman–Crippen LogP) is 3.26. The summed E-state index contributed by atoms with van der Waals surface area (Å²) in [5.41, 5.74) is 2.63. The van der Waals surface area contributed by atoms with Crippen molar-refractivity contribution in [1.82, 2.24) is 29.4 Å². The van der Waals surface area contributed by atoms with Crippen LogP contribution in [-0.4, -0.2) is 55.2 Å². The van der Waals surface area contributed by atoms with Crippen LogP contribution >= 0.6 is 0 Å². The van der Waals surface area contributed by atoms with E-state index in [-0.39, 0.29) is 0 Å². The molecular formula is C22H26N8O2. The maximum Gasteiger partial charge on any atom is 0.247 e. The highest BCUT2D eigenvalue weighted by atomic mass is 16.5. The van der Waals surface area contributed by atoms with Gasteiger partial charge in [-0.1, -0.05) is 0 Å². The molecule has 0 unspecified atom stereocenters. The molecule has 0 spiro atoms. The van der Waals surface area contributed by atoms with E-state index in [1.165, 1.54) is 0 Å². The quantitative estimate of drug-likeness (QED) is 0.457. The number of nitrogens with zero attached hydrogens (tertiary/aromatic N) is 6. The molecular weight excluding hydrogens is 408 g/mol. The maximum atomic E-state index is 5.90. The first-order valence-electron chi connectivity index (χ1n) is 10.8. The molecule has 10 nitrogen and oxygen atoms in total. The smallest absolute Gasteiger partial charge is 0.247 e. The van der Waals surface area contributed by atoms with Crippen molar-refractivity contribution in [1.29, 1.82) is 0 Å². The van der Waals surface area contributed by atoms with Crippen LogP contribution in [0.25, 0.3) is 16.9 Å². The first-order chi connectivity index (χ1) is 15.7. The van der Waals surface area contributed by atoms with Gasteiger partial charge in [0.1, 0.15) is 17.6 Å². The molecule has 0 aliphatic carbocycles. The fourth-order valence-electron chi connectivity index (χ4n) is 3.83. The van der Waals surface area contributed by atoms with E-state index >= 15 is 0 Å². The molecule has 5 rings (SSSR count). The first kappa shape index (κ1) is 20.3. The van der Waals surface area contributed by atoms with Gasteiger partial charge in [-0.25, -0.2) is 4.52 Å². The van der Waals surface area contributed by atoms with Crippen LogP contribution in [0.3, 0.4) is 0 Å². The summed E-state index contributed by atoms with van der Waals surface area (Å²) in [6, 6.07) is 10.2. The van der Waals surface area contributed by atoms with E-state index < -0.39 is 0 Å². The van der Waals surface area contributed by atoms with Crippen LogP contribution in [0.1, 0.15) is 19.8 Å². The summed E-state index contributed by atoms with van der Waals surface area (Å²) in [5, 5.41) is 19.7. The third kappa shape index (κ3) is 4.09. The highest BCUT2D eigenvalue weighted by Crippen LogP contribution is 2.32. The van der Waals surface area contributed by atoms with Crippen molar-refractivity contribution in [3.05, 3.63) is 42.9 Å². The van der Waals surface area contributed by atoms with E-state index in [9.17, 15) is 0 Å². The molecule has 0 amide bonds. The molecule has 1 aliphatic heterocycles. The van der Waals surface area contributed by atoms with Gasteiger partial charge in [0.2, 0.25) is 5.95 Å². The van der Waals surface area contributed by atoms with Crippen LogP contribution in [0, 0.1) is 0 Å². The van der Waals surface area contributed by atoms with Gasteiger partial charge >= 0.3 is 0 Å². The van der Waals surface area contributed by atoms with E-state index in [4.69, 9.17) is 14.5 Å². The normalized spacial score (nSPS) is 14.6. The summed E-state index contributed by atoms with van der Waals surface area (Å²) in [4.78, 5) is 4.77. The average molecular weight is 435 g/mol. The Morgan fingerprint density at radius 3 is 2.88 bits per heavy atom. The molecule has 166 valence electrons. The van der Waals surface area contributed by atoms with Gasteiger partial charge in [0, 0.05) is 38.1 Å². The topological polar surface area (TPSA) is 103 Å². The van der Waals surface area contributed by atoms with Crippen molar-refractivity contribution in [2.24, 2.45) is 7.05 Å². The molecule has 1 aliphatic rings. The predicted molar refractivity (Wildman–Crippen MR) is 121 cm³/mol. The Kier molecular flexibility index (Phi) is 5.59. The summed E-state index contributed by atoms with van der Waals surface area (Å²) in [6.07, 6.45) is 5.50. The number of nitrogens with one attached hydrogen (secondary N) is 2. The molecule has 2 N–H and O–H groups in total. The number of hydrogen-bond acceptors (Lipinski definition) is 8. The average Bonchev–Trinajstić information content (AvgIpc) is 3.45. The van der Waals surface area contributed by atoms with Gasteiger partial charge in [-0.2, -0.15) is 4.98 Å². The van der Waals surface area contributed by atoms with Crippen molar-refractivity contribution < 1.29 is 9.47 Å². The molecule has 4 heterocycles. The van der Waals surface area contributed by atoms with Crippen LogP contribution in [0.5, 0.6) is 5.75 Å². The lowest BCUT2D eigenvalue weighted by molar-refractivity contribution is 0.0904. The number of anilines is 3. The summed E-state index contributed by atoms with van der Waals surface area (Å²) in [6.45, 7) is 4.02. The SMILES string of the molecule is CCOc1cc(-c2nncn2C)ccc1Nc1nc(NC2CCOCC2)c2cccn2n1. The Labute approximate surface area is 185 Å². The summed E-state index contributed by atoms with van der Waals surface area (Å²) < 4.78 is 15.1. The minimum Gasteiger partial charge on any atom is -0.492 e. The zero-order valence-corrected chi connectivity index (χ0v) is 18.2. The van der Waals surface area contributed by atoms with E-state index in [0.29, 0.717) is 24.3 Å². The molecule has 1 aromatic carbocycles. The number of ether oxygens (including phenoxy) is 2. The Morgan fingerprint density at radius 1 is 1.22 bits per heavy atom. The van der Waals surface area contributed by atoms with Gasteiger partial charge in [-0.05, 0) is 50.1 Å². The van der Waals surface area contributed by atoms with Crippen molar-refractivity contribution in [2.75, 3.05) is 30.5 Å². The van der Waals surface area contributed by atoms with E-state index in [1.807, 2.05) is 59.6 Å². The van der Waals surface area contributed by atoms with Crippen LogP contribution in [-0.2, 0) is 11.8 Å². The van der Waals surface area contributed by atoms with Crippen LogP contribution in [0.15, 0.2) is 42.9 Å². The number of benzene rings is 1. The fourth-order valence-corrected chi connectivity index (χ4v) is 3.83. The lowest BCUT2D eigenvalue weighted by Gasteiger charge is -2.24. The van der Waals surface area contributed by atoms with Crippen molar-refractivity contribution in [3.8, 4) is 17.1 Å². The Balaban J connectivity index is 1.46. The number of rotatable bonds is 7. The molecule has 4 aromatic rings. The lowest BCUT2D eigenvalue weighted by Crippen LogP contribution is -2.28. The Bertz CT molecular complexity index is 1210. The monoisotopic (exact) mass is 434 g/mol. The van der Waals surface area contributed by atoms with Gasteiger partial charge in [0.05, 0.1) is 12.3 Å². The summed E-state index contributed by atoms with van der Waals surface area (Å²) in [7, 11) is 1.91. The van der Waals surface area contributed by atoms with E-state index in [2.05, 4.69) is 25.9 Å². The Hall–Kier alpha value is -3.66. The number of aryl methyl sites for hydroxylation is 1. The second-order valence-corrected chi connectivity index (χ2v) is 7.69. The Morgan fingerprint density at radius 2 is 2.09 bits per heavy atom. The minimum absolute atomic E-state index is 0.329. The van der Waals surface area contributed by atoms with Crippen LogP contribution in [0.4, 0.5) is 17.5 Å². The molecule has 3 aromatic heterocycles. The number of hydrogen-bond donors (Lipinski definition) is 2.